The summed E-state index contributed by atoms with van der Waals surface area (Å²) in [5.41, 5.74) is 0.747. The Kier molecular flexibility index (Phi) is 5.77. The number of anilines is 1. The molecule has 0 spiro atoms. The number of nitrogens with one attached hydrogen (secondary N) is 1. The molecular weight excluding hydrogens is 458 g/mol. The number of rotatable bonds is 6. The molecule has 0 amide bonds. The number of allylic oxidation sites excluding steroid dienone is 2. The highest BCUT2D eigenvalue weighted by molar-refractivity contribution is 7.22. The zero-order valence-electron chi connectivity index (χ0n) is 18.1. The number of halogens is 2. The Balaban J connectivity index is 1.52. The summed E-state index contributed by atoms with van der Waals surface area (Å²) < 4.78 is 28.3. The zero-order chi connectivity index (χ0) is 23.9. The summed E-state index contributed by atoms with van der Waals surface area (Å²) >= 11 is 1.06. The molecule has 3 aromatic rings. The van der Waals surface area contributed by atoms with Crippen LogP contribution in [0.1, 0.15) is 31.2 Å². The molecule has 1 fully saturated rings. The van der Waals surface area contributed by atoms with Gasteiger partial charge in [0, 0.05) is 18.4 Å². The van der Waals surface area contributed by atoms with E-state index in [0.29, 0.717) is 24.0 Å². The molecule has 1 heterocycles. The Morgan fingerprint density at radius 3 is 2.59 bits per heavy atom. The Morgan fingerprint density at radius 1 is 1.12 bits per heavy atom. The smallest absolute Gasteiger partial charge is 0.307 e. The van der Waals surface area contributed by atoms with Crippen LogP contribution in [0.2, 0.25) is 0 Å². The number of Topliss-reactive ketones (excluding diaryl/α,β-unsaturated/α-hetero) is 1. The number of aliphatic carboxylic acids is 1. The third-order valence-corrected chi connectivity index (χ3v) is 7.57. The van der Waals surface area contributed by atoms with Crippen molar-refractivity contribution < 1.29 is 23.5 Å². The summed E-state index contributed by atoms with van der Waals surface area (Å²) in [7, 11) is 0. The predicted octanol–water partition coefficient (Wildman–Crippen LogP) is 5.84. The van der Waals surface area contributed by atoms with Gasteiger partial charge in [0.25, 0.3) is 0 Å². The molecular formula is C26H22F2N2O3S. The molecule has 0 aliphatic heterocycles. The minimum atomic E-state index is -1.23. The maximum absolute atomic E-state index is 14.2. The number of benzene rings is 2. The van der Waals surface area contributed by atoms with Crippen LogP contribution in [0.5, 0.6) is 0 Å². The first-order valence-electron chi connectivity index (χ1n) is 11.1. The maximum Gasteiger partial charge on any atom is 0.307 e. The summed E-state index contributed by atoms with van der Waals surface area (Å²) in [6.07, 6.45) is 7.47. The van der Waals surface area contributed by atoms with E-state index in [-0.39, 0.29) is 22.9 Å². The first kappa shape index (κ1) is 22.4. The summed E-state index contributed by atoms with van der Waals surface area (Å²) in [5.74, 6) is -4.03. The van der Waals surface area contributed by atoms with Gasteiger partial charge in [0.2, 0.25) is 0 Å². The molecule has 0 bridgehead atoms. The Morgan fingerprint density at radius 2 is 1.88 bits per heavy atom. The molecule has 3 unspecified atom stereocenters. The third-order valence-electron chi connectivity index (χ3n) is 6.65. The van der Waals surface area contributed by atoms with Crippen molar-refractivity contribution >= 4 is 44.0 Å². The van der Waals surface area contributed by atoms with Gasteiger partial charge in [0.1, 0.15) is 16.9 Å². The van der Waals surface area contributed by atoms with Gasteiger partial charge in [0.15, 0.2) is 16.7 Å². The SMILES string of the molecule is O=C(O)C1CCCC1C(=O)C1(Nc2nc3c(F)cc(F)cc3s2)C=CC(c2ccccc2)=CC1. The molecule has 3 atom stereocenters. The van der Waals surface area contributed by atoms with E-state index in [2.05, 4.69) is 10.3 Å². The van der Waals surface area contributed by atoms with Gasteiger partial charge >= 0.3 is 5.97 Å². The topological polar surface area (TPSA) is 79.3 Å². The number of carboxylic acid groups (broad SMARTS) is 1. The molecule has 0 radical (unpaired) electrons. The standard InChI is InChI=1S/C26H22F2N2O3S/c27-17-13-20(28)22-21(14-17)34-25(29-22)30-26(23(31)18-7-4-8-19(18)24(32)33)11-9-16(10-12-26)15-5-2-1-3-6-15/h1-3,5-6,9-11,13-14,18-19H,4,7-8,12H2,(H,29,30)(H,32,33). The maximum atomic E-state index is 14.2. The van der Waals surface area contributed by atoms with Crippen LogP contribution in [-0.2, 0) is 9.59 Å². The molecule has 5 nitrogen and oxygen atoms in total. The van der Waals surface area contributed by atoms with Crippen LogP contribution >= 0.6 is 11.3 Å². The summed E-state index contributed by atoms with van der Waals surface area (Å²) in [6, 6.07) is 11.7. The van der Waals surface area contributed by atoms with E-state index in [0.717, 1.165) is 28.5 Å². The van der Waals surface area contributed by atoms with Crippen molar-refractivity contribution in [3.8, 4) is 0 Å². The average molecular weight is 481 g/mol. The number of carboxylic acids is 1. The van der Waals surface area contributed by atoms with Crippen LogP contribution in [0.4, 0.5) is 13.9 Å². The molecule has 34 heavy (non-hydrogen) atoms. The summed E-state index contributed by atoms with van der Waals surface area (Å²) in [5, 5.41) is 13.1. The number of carbonyl (C=O) groups excluding carboxylic acids is 1. The summed E-state index contributed by atoms with van der Waals surface area (Å²) in [6.45, 7) is 0. The predicted molar refractivity (Wildman–Crippen MR) is 128 cm³/mol. The quantitative estimate of drug-likeness (QED) is 0.464. The van der Waals surface area contributed by atoms with E-state index in [1.807, 2.05) is 42.5 Å². The number of fused-ring (bicyclic) bond motifs is 1. The fourth-order valence-electron chi connectivity index (χ4n) is 4.92. The van der Waals surface area contributed by atoms with Gasteiger partial charge in [-0.05, 0) is 30.0 Å². The van der Waals surface area contributed by atoms with Gasteiger partial charge in [-0.1, -0.05) is 66.3 Å². The second-order valence-corrected chi connectivity index (χ2v) is 9.79. The molecule has 0 saturated heterocycles. The number of thiazole rings is 1. The average Bonchev–Trinajstić information content (AvgIpc) is 3.47. The van der Waals surface area contributed by atoms with E-state index in [1.165, 1.54) is 6.07 Å². The highest BCUT2D eigenvalue weighted by Crippen LogP contribution is 2.41. The van der Waals surface area contributed by atoms with Gasteiger partial charge in [-0.25, -0.2) is 13.8 Å². The summed E-state index contributed by atoms with van der Waals surface area (Å²) in [4.78, 5) is 29.9. The molecule has 2 aromatic carbocycles. The highest BCUT2D eigenvalue weighted by Gasteiger charge is 2.47. The molecule has 2 aliphatic carbocycles. The number of hydrogen-bond donors (Lipinski definition) is 2. The number of aromatic nitrogens is 1. The van der Waals surface area contributed by atoms with Gasteiger partial charge in [0.05, 0.1) is 10.6 Å². The van der Waals surface area contributed by atoms with E-state index >= 15 is 0 Å². The second kappa shape index (κ2) is 8.76. The number of nitrogens with zero attached hydrogens (tertiary/aromatic N) is 1. The first-order chi connectivity index (χ1) is 16.4. The fourth-order valence-corrected chi connectivity index (χ4v) is 5.91. The van der Waals surface area contributed by atoms with Crippen molar-refractivity contribution in [2.75, 3.05) is 5.32 Å². The van der Waals surface area contributed by atoms with Crippen molar-refractivity contribution in [3.63, 3.8) is 0 Å². The molecule has 1 aromatic heterocycles. The lowest BCUT2D eigenvalue weighted by Gasteiger charge is -2.35. The van der Waals surface area contributed by atoms with E-state index in [4.69, 9.17) is 0 Å². The normalized spacial score (nSPS) is 24.2. The Labute approximate surface area is 198 Å². The van der Waals surface area contributed by atoms with Crippen molar-refractivity contribution in [3.05, 3.63) is 77.9 Å². The Bertz CT molecular complexity index is 1330. The fraction of sp³-hybridized carbons (Fsp3) is 0.269. The van der Waals surface area contributed by atoms with Crippen LogP contribution in [0, 0.1) is 23.5 Å². The molecule has 2 aliphatic rings. The second-order valence-electron chi connectivity index (χ2n) is 8.76. The van der Waals surface area contributed by atoms with Crippen LogP contribution in [0.15, 0.2) is 60.7 Å². The Hall–Kier alpha value is -3.39. The lowest BCUT2D eigenvalue weighted by molar-refractivity contribution is -0.146. The zero-order valence-corrected chi connectivity index (χ0v) is 18.9. The van der Waals surface area contributed by atoms with Crippen LogP contribution in [-0.4, -0.2) is 27.4 Å². The molecule has 8 heteroatoms. The van der Waals surface area contributed by atoms with Crippen LogP contribution in [0.3, 0.4) is 0 Å². The van der Waals surface area contributed by atoms with Crippen LogP contribution < -0.4 is 5.32 Å². The first-order valence-corrected chi connectivity index (χ1v) is 11.9. The monoisotopic (exact) mass is 480 g/mol. The molecule has 174 valence electrons. The molecule has 5 rings (SSSR count). The van der Waals surface area contributed by atoms with Gasteiger partial charge < -0.3 is 10.4 Å². The lowest BCUT2D eigenvalue weighted by atomic mass is 9.76. The van der Waals surface area contributed by atoms with E-state index in [1.54, 1.807) is 6.08 Å². The number of ketones is 1. The van der Waals surface area contributed by atoms with E-state index < -0.39 is 35.0 Å². The minimum Gasteiger partial charge on any atom is -0.481 e. The van der Waals surface area contributed by atoms with Gasteiger partial charge in [-0.15, -0.1) is 0 Å². The number of hydrogen-bond acceptors (Lipinski definition) is 5. The third kappa shape index (κ3) is 4.03. The number of carbonyl (C=O) groups is 2. The lowest BCUT2D eigenvalue weighted by Crippen LogP contribution is -2.49. The van der Waals surface area contributed by atoms with Gasteiger partial charge in [-0.3, -0.25) is 9.59 Å². The minimum absolute atomic E-state index is 0.0288. The van der Waals surface area contributed by atoms with E-state index in [9.17, 15) is 23.5 Å². The highest BCUT2D eigenvalue weighted by atomic mass is 32.1. The van der Waals surface area contributed by atoms with Gasteiger partial charge in [-0.2, -0.15) is 0 Å². The molecule has 2 N–H and O–H groups in total. The van der Waals surface area contributed by atoms with Crippen molar-refractivity contribution in [1.29, 1.82) is 0 Å². The largest absolute Gasteiger partial charge is 0.481 e. The molecule has 1 saturated carbocycles. The van der Waals surface area contributed by atoms with Crippen LogP contribution in [0.25, 0.3) is 15.8 Å². The van der Waals surface area contributed by atoms with Crippen molar-refractivity contribution in [2.45, 2.75) is 31.2 Å². The van der Waals surface area contributed by atoms with Crippen molar-refractivity contribution in [1.82, 2.24) is 4.98 Å². The van der Waals surface area contributed by atoms with Crippen molar-refractivity contribution in [2.24, 2.45) is 11.8 Å².